The van der Waals surface area contributed by atoms with Crippen LogP contribution in [-0.2, 0) is 67.3 Å². The predicted molar refractivity (Wildman–Crippen MR) is 338 cm³/mol. The Bertz CT molecular complexity index is 3020. The maximum Gasteiger partial charge on any atom is 0.326 e. The summed E-state index contributed by atoms with van der Waals surface area (Å²) in [4.78, 5) is 155. The number of nitrogens with zero attached hydrogens (tertiary/aromatic N) is 6. The molecule has 22 N–H and O–H groups in total. The number of guanidine groups is 3. The van der Waals surface area contributed by atoms with Gasteiger partial charge in [0.2, 0.25) is 47.3 Å². The fraction of sp³-hybridized carbons (Fsp3) is 0.610. The number of rotatable bonds is 30. The van der Waals surface area contributed by atoms with Crippen LogP contribution in [0, 0.1) is 5.92 Å². The first-order chi connectivity index (χ1) is 44.0. The summed E-state index contributed by atoms with van der Waals surface area (Å²) in [7, 11) is 0. The second kappa shape index (κ2) is 34.3. The van der Waals surface area contributed by atoms with E-state index in [9.17, 15) is 63.3 Å². The summed E-state index contributed by atoms with van der Waals surface area (Å²) in [6.07, 6.45) is 4.39. The number of likely N-dealkylation sites (tertiary alicyclic amines) is 2. The van der Waals surface area contributed by atoms with Gasteiger partial charge < -0.3 is 91.4 Å². The molecule has 5 aliphatic rings. The van der Waals surface area contributed by atoms with Crippen molar-refractivity contribution in [1.82, 2.24) is 51.9 Å². The van der Waals surface area contributed by atoms with E-state index in [0.717, 1.165) is 46.6 Å². The van der Waals surface area contributed by atoms with E-state index in [1.54, 1.807) is 17.5 Å². The number of benzene rings is 1. The normalized spacial score (nSPS) is 22.6. The average Bonchev–Trinajstić information content (AvgIpc) is 1.55. The average molecular weight is 1300 g/mol. The highest BCUT2D eigenvalue weighted by molar-refractivity contribution is 7.09. The second-order valence-electron chi connectivity index (χ2n) is 23.8. The molecule has 9 amide bonds. The Balaban J connectivity index is 0.929. The predicted octanol–water partition coefficient (Wildman–Crippen LogP) is -5.10. The summed E-state index contributed by atoms with van der Waals surface area (Å²) in [6, 6.07) is 0.321. The van der Waals surface area contributed by atoms with Crippen LogP contribution in [0.5, 0.6) is 0 Å². The van der Waals surface area contributed by atoms with Gasteiger partial charge in [-0.25, -0.2) is 4.79 Å². The zero-order chi connectivity index (χ0) is 66.6. The van der Waals surface area contributed by atoms with Crippen molar-refractivity contribution >= 4 is 88.3 Å². The fourth-order valence-electron chi connectivity index (χ4n) is 12.5. The largest absolute Gasteiger partial charge is 0.480 e. The number of nitrogens with one attached hydrogen (secondary N) is 7. The number of amides is 9. The highest BCUT2D eigenvalue weighted by atomic mass is 32.1. The van der Waals surface area contributed by atoms with Crippen molar-refractivity contribution in [3.8, 4) is 0 Å². The maximum absolute atomic E-state index is 14.4. The van der Waals surface area contributed by atoms with Crippen LogP contribution in [0.25, 0.3) is 0 Å². The quantitative estimate of drug-likeness (QED) is 0.0151. The third kappa shape index (κ3) is 19.8. The number of carbonyl (C=O) groups is 10. The number of carbonyl (C=O) groups excluding carboxylic acids is 9. The second-order valence-corrected chi connectivity index (χ2v) is 24.9. The molecule has 0 spiro atoms. The third-order valence-corrected chi connectivity index (χ3v) is 18.1. The molecule has 7 rings (SSSR count). The standard InChI is InChI=1S/C59H89N19O13S/c60-37(14-5-19-66-57(61)62)48(82)73-39(16-6-20-67-58(63)64)52(86)76-22-8-18-44(76)55(89)77-30-35(80)26-46(77)51(85)70-29-47(81)72-40(27-36-13-9-23-92-36)49(83)74-43(31-79)50(84)75-59(65)68-21-7-17-45(56(90)91)78(54(88)42-25-33-11-3-4-15-38(33)71-42)53(87)41-24-32-10-1-2-12-34(32)28-69-41/h1-2,9-10,12-13,23,33,35,37-46,69,71,79-80H,3-8,11,14-22,24-31,60H2,(H,70,85)(H,72,81)(H,73,82)(H,74,83)(H,90,91)(H4,61,62,66)(H4,63,64,67)(H3,65,68,75,84)/t33-,35+,37+,38-,39-,40-,41+,42?,43-,44-,45-,46-/m0/s1. The molecule has 3 saturated heterocycles. The van der Waals surface area contributed by atoms with E-state index in [1.807, 2.05) is 24.3 Å². The van der Waals surface area contributed by atoms with Gasteiger partial charge in [-0.05, 0) is 106 Å². The molecule has 0 radical (unpaired) electrons. The lowest BCUT2D eigenvalue weighted by Crippen LogP contribution is -2.60. The minimum Gasteiger partial charge on any atom is -0.480 e. The lowest BCUT2D eigenvalue weighted by atomic mass is 9.85. The van der Waals surface area contributed by atoms with Crippen LogP contribution in [0.1, 0.15) is 106 Å². The molecule has 1 unspecified atom stereocenters. The number of aliphatic hydroxyl groups excluding tert-OH is 2. The van der Waals surface area contributed by atoms with Crippen LogP contribution >= 0.6 is 11.3 Å². The van der Waals surface area contributed by atoms with E-state index in [2.05, 4.69) is 52.2 Å². The number of aliphatic imine (C=N–C) groups is 3. The van der Waals surface area contributed by atoms with Gasteiger partial charge >= 0.3 is 5.97 Å². The number of thiophene rings is 1. The molecular formula is C59H89N19O13S. The van der Waals surface area contributed by atoms with Gasteiger partial charge in [-0.2, -0.15) is 0 Å². The fourth-order valence-corrected chi connectivity index (χ4v) is 13.3. The number of hydrogen-bond donors (Lipinski definition) is 16. The number of nitrogens with two attached hydrogens (primary N) is 6. The van der Waals surface area contributed by atoms with E-state index in [4.69, 9.17) is 34.4 Å². The molecule has 1 aliphatic carbocycles. The lowest BCUT2D eigenvalue weighted by Gasteiger charge is -2.34. The number of aliphatic hydroxyl groups is 2. The Morgan fingerprint density at radius 3 is 2.08 bits per heavy atom. The molecule has 504 valence electrons. The van der Waals surface area contributed by atoms with E-state index < -0.39 is 139 Å². The van der Waals surface area contributed by atoms with Gasteiger partial charge in [0.25, 0.3) is 5.91 Å². The monoisotopic (exact) mass is 1300 g/mol. The first kappa shape index (κ1) is 71.1. The summed E-state index contributed by atoms with van der Waals surface area (Å²) < 4.78 is 0. The molecule has 1 aromatic carbocycles. The Kier molecular flexibility index (Phi) is 26.5. The first-order valence-electron chi connectivity index (χ1n) is 31.3. The third-order valence-electron chi connectivity index (χ3n) is 17.2. The van der Waals surface area contributed by atoms with Crippen molar-refractivity contribution in [2.75, 3.05) is 45.9 Å². The summed E-state index contributed by atoms with van der Waals surface area (Å²) in [5.41, 5.74) is 35.9. The zero-order valence-electron chi connectivity index (χ0n) is 51.4. The molecule has 0 bridgehead atoms. The van der Waals surface area contributed by atoms with E-state index in [1.165, 1.54) is 16.2 Å². The Morgan fingerprint density at radius 2 is 1.39 bits per heavy atom. The maximum atomic E-state index is 14.4. The SMILES string of the molecule is NC(N)=NCCC[C@@H](N)C(=O)N[C@@H](CCCN=C(N)N)C(=O)N1CCC[C@H]1C(=O)N1C[C@H](O)C[C@H]1C(=O)NCC(=O)N[C@@H](Cc1cccs1)C(=O)N[C@@H](CO)C(=O)NC(N)=NCCC[C@@H](C(=O)O)N(C(=O)C1C[C@@H]2CCCC[C@@H]2N1)C(=O)[C@H]1Cc2ccccc2CN1. The minimum atomic E-state index is -1.64. The molecular weight excluding hydrogens is 1210 g/mol. The van der Waals surface area contributed by atoms with Gasteiger partial charge in [-0.3, -0.25) is 68.3 Å². The zero-order valence-corrected chi connectivity index (χ0v) is 52.2. The topological polar surface area (TPSA) is 519 Å². The van der Waals surface area contributed by atoms with Crippen LogP contribution in [0.3, 0.4) is 0 Å². The highest BCUT2D eigenvalue weighted by Gasteiger charge is 2.48. The smallest absolute Gasteiger partial charge is 0.326 e. The Labute approximate surface area is 536 Å². The number of β-amino-alcohol motifs (C(OH)–C–C–N with tert-alkyl or cyclic N) is 1. The van der Waals surface area contributed by atoms with Crippen molar-refractivity contribution in [2.45, 2.75) is 176 Å². The summed E-state index contributed by atoms with van der Waals surface area (Å²) in [5, 5.41) is 52.5. The molecule has 12 atom stereocenters. The summed E-state index contributed by atoms with van der Waals surface area (Å²) in [5.74, 6) is -8.64. The van der Waals surface area contributed by atoms with Gasteiger partial charge in [-0.1, -0.05) is 43.2 Å². The molecule has 33 heteroatoms. The lowest BCUT2D eigenvalue weighted by molar-refractivity contribution is -0.160. The number of imide groups is 1. The Morgan fingerprint density at radius 1 is 0.717 bits per heavy atom. The van der Waals surface area contributed by atoms with Crippen LogP contribution in [0.4, 0.5) is 0 Å². The molecule has 5 heterocycles. The van der Waals surface area contributed by atoms with Crippen molar-refractivity contribution in [1.29, 1.82) is 0 Å². The van der Waals surface area contributed by atoms with Gasteiger partial charge in [0.1, 0.15) is 36.3 Å². The summed E-state index contributed by atoms with van der Waals surface area (Å²) in [6.45, 7) is -1.26. The van der Waals surface area contributed by atoms with Crippen LogP contribution in [0.15, 0.2) is 56.8 Å². The Hall–Kier alpha value is -8.37. The molecule has 2 aromatic rings. The van der Waals surface area contributed by atoms with Crippen molar-refractivity contribution in [3.63, 3.8) is 0 Å². The molecule has 1 saturated carbocycles. The highest BCUT2D eigenvalue weighted by Crippen LogP contribution is 2.35. The van der Waals surface area contributed by atoms with Gasteiger partial charge in [0, 0.05) is 63.0 Å². The molecule has 32 nitrogen and oxygen atoms in total. The molecule has 1 aromatic heterocycles. The van der Waals surface area contributed by atoms with Crippen molar-refractivity contribution in [3.05, 3.63) is 57.8 Å². The number of fused-ring (bicyclic) bond motifs is 2. The van der Waals surface area contributed by atoms with Crippen LogP contribution < -0.4 is 71.6 Å². The van der Waals surface area contributed by atoms with Crippen molar-refractivity contribution in [2.24, 2.45) is 55.3 Å². The molecule has 4 aliphatic heterocycles. The summed E-state index contributed by atoms with van der Waals surface area (Å²) >= 11 is 1.26. The number of carboxylic acids is 1. The molecule has 92 heavy (non-hydrogen) atoms. The minimum absolute atomic E-state index is 0.00234. The van der Waals surface area contributed by atoms with E-state index in [0.29, 0.717) is 30.7 Å². The van der Waals surface area contributed by atoms with Crippen molar-refractivity contribution < 1.29 is 63.3 Å². The van der Waals surface area contributed by atoms with Gasteiger partial charge in [0.05, 0.1) is 37.4 Å². The first-order valence-corrected chi connectivity index (χ1v) is 32.1. The number of aliphatic carboxylic acids is 1. The van der Waals surface area contributed by atoms with Crippen LogP contribution in [-0.4, -0.2) is 219 Å². The van der Waals surface area contributed by atoms with Gasteiger partial charge in [-0.15, -0.1) is 11.3 Å². The van der Waals surface area contributed by atoms with E-state index >= 15 is 0 Å². The molecule has 4 fully saturated rings. The van der Waals surface area contributed by atoms with E-state index in [-0.39, 0.29) is 114 Å². The number of hydrogen-bond acceptors (Lipinski definition) is 19. The van der Waals surface area contributed by atoms with Gasteiger partial charge in [0.15, 0.2) is 17.9 Å². The van der Waals surface area contributed by atoms with Crippen LogP contribution in [0.2, 0.25) is 0 Å². The number of carboxylic acid groups (broad SMARTS) is 1.